The minimum absolute atomic E-state index is 0.207. The number of hydrogen-bond acceptors (Lipinski definition) is 0. The predicted octanol–water partition coefficient (Wildman–Crippen LogP) is 4.33. The molecule has 2 atom stereocenters. The maximum atomic E-state index is 2.58. The maximum Gasteiger partial charge on any atom is 0.104 e. The lowest BCUT2D eigenvalue weighted by molar-refractivity contribution is 0.960. The Balaban J connectivity index is 2.52. The van der Waals surface area contributed by atoms with Crippen LogP contribution >= 0.6 is 17.3 Å². The van der Waals surface area contributed by atoms with Gasteiger partial charge in [-0.3, -0.25) is 0 Å². The van der Waals surface area contributed by atoms with Crippen molar-refractivity contribution >= 4 is 17.3 Å². The van der Waals surface area contributed by atoms with Gasteiger partial charge in [0.2, 0.25) is 0 Å². The summed E-state index contributed by atoms with van der Waals surface area (Å²) in [5.74, 6) is 2.58. The van der Waals surface area contributed by atoms with Gasteiger partial charge in [-0.25, -0.2) is 0 Å². The van der Waals surface area contributed by atoms with Crippen molar-refractivity contribution < 1.29 is 0 Å². The summed E-state index contributed by atoms with van der Waals surface area (Å²) in [4.78, 5) is 1.02. The molecule has 0 aliphatic carbocycles. The van der Waals surface area contributed by atoms with Gasteiger partial charge in [-0.15, -0.1) is 0 Å². The van der Waals surface area contributed by atoms with E-state index in [9.17, 15) is 0 Å². The second kappa shape index (κ2) is 3.95. The fraction of sp³-hybridized carbons (Fsp3) is 0.818. The SMILES string of the molecule is CCCC=C[P+]1(C)CS(C)(C)[C@H]1C. The van der Waals surface area contributed by atoms with Crippen molar-refractivity contribution in [3.05, 3.63) is 11.9 Å². The van der Waals surface area contributed by atoms with Crippen molar-refractivity contribution in [1.29, 1.82) is 0 Å². The summed E-state index contributed by atoms with van der Waals surface area (Å²) < 4.78 is 0. The molecule has 13 heavy (non-hydrogen) atoms. The Bertz CT molecular complexity index is 210. The van der Waals surface area contributed by atoms with Gasteiger partial charge in [-0.1, -0.05) is 13.3 Å². The van der Waals surface area contributed by atoms with Crippen LogP contribution in [0.15, 0.2) is 11.9 Å². The molecule has 0 radical (unpaired) electrons. The Morgan fingerprint density at radius 1 is 1.46 bits per heavy atom. The van der Waals surface area contributed by atoms with E-state index >= 15 is 0 Å². The van der Waals surface area contributed by atoms with E-state index in [0.29, 0.717) is 0 Å². The lowest BCUT2D eigenvalue weighted by Crippen LogP contribution is -2.31. The van der Waals surface area contributed by atoms with Crippen molar-refractivity contribution in [1.82, 2.24) is 0 Å². The topological polar surface area (TPSA) is 0 Å². The molecule has 0 amide bonds. The summed E-state index contributed by atoms with van der Waals surface area (Å²) >= 11 is 0. The molecule has 0 nitrogen and oxygen atoms in total. The molecule has 0 aromatic heterocycles. The molecular weight excluding hydrogens is 195 g/mol. The van der Waals surface area contributed by atoms with Crippen LogP contribution in [0.4, 0.5) is 0 Å². The molecule has 1 saturated heterocycles. The van der Waals surface area contributed by atoms with Crippen molar-refractivity contribution in [3.63, 3.8) is 0 Å². The minimum Gasteiger partial charge on any atom is -0.177 e. The molecule has 1 unspecified atom stereocenters. The Morgan fingerprint density at radius 3 is 2.46 bits per heavy atom. The van der Waals surface area contributed by atoms with Gasteiger partial charge in [0.1, 0.15) is 4.99 Å². The van der Waals surface area contributed by atoms with E-state index in [1.54, 1.807) is 5.49 Å². The highest BCUT2D eigenvalue weighted by atomic mass is 32.3. The molecule has 2 heteroatoms. The first-order valence-corrected chi connectivity index (χ1v) is 10.4. The quantitative estimate of drug-likeness (QED) is 0.620. The average Bonchev–Trinajstić information content (AvgIpc) is 2.03. The highest BCUT2D eigenvalue weighted by molar-refractivity contribution is 8.46. The molecule has 78 valence electrons. The van der Waals surface area contributed by atoms with E-state index in [1.807, 2.05) is 0 Å². The van der Waals surface area contributed by atoms with Crippen LogP contribution in [0.5, 0.6) is 0 Å². The first-order chi connectivity index (χ1) is 5.92. The number of unbranched alkanes of at least 4 members (excludes halogenated alkanes) is 1. The normalized spacial score (nSPS) is 40.2. The number of hydrogen-bond donors (Lipinski definition) is 0. The zero-order valence-electron chi connectivity index (χ0n) is 9.71. The molecule has 0 bridgehead atoms. The van der Waals surface area contributed by atoms with Gasteiger partial charge in [-0.2, -0.15) is 10.0 Å². The van der Waals surface area contributed by atoms with Crippen LogP contribution in [0.1, 0.15) is 26.7 Å². The summed E-state index contributed by atoms with van der Waals surface area (Å²) in [5.41, 5.74) is 1.54. The van der Waals surface area contributed by atoms with Gasteiger partial charge in [0.25, 0.3) is 0 Å². The first-order valence-electron chi connectivity index (χ1n) is 5.15. The van der Waals surface area contributed by atoms with Gasteiger partial charge >= 0.3 is 0 Å². The monoisotopic (exact) mass is 219 g/mol. The molecule has 1 heterocycles. The molecule has 1 aliphatic rings. The summed E-state index contributed by atoms with van der Waals surface area (Å²) in [6.07, 6.45) is 9.98. The highest BCUT2D eigenvalue weighted by Crippen LogP contribution is 2.86. The molecule has 0 spiro atoms. The summed E-state index contributed by atoms with van der Waals surface area (Å²) in [6, 6.07) is 0. The third-order valence-electron chi connectivity index (χ3n) is 3.27. The van der Waals surface area contributed by atoms with Gasteiger partial charge in [0.15, 0.2) is 0 Å². The highest BCUT2D eigenvalue weighted by Gasteiger charge is 2.55. The molecule has 1 rings (SSSR count). The van der Waals surface area contributed by atoms with Crippen LogP contribution in [0, 0.1) is 0 Å². The second-order valence-corrected chi connectivity index (χ2v) is 14.0. The zero-order valence-corrected chi connectivity index (χ0v) is 11.4. The molecule has 0 aromatic rings. The standard InChI is InChI=1S/C11H24PS/c1-6-7-8-9-12(3)10-13(4,5)11(12)2/h8-9,11H,6-7,10H2,1-5H3/q+1/t11-,12?/m0/s1. The van der Waals surface area contributed by atoms with Crippen LogP contribution < -0.4 is 0 Å². The third kappa shape index (κ3) is 2.30. The lowest BCUT2D eigenvalue weighted by atomic mass is 10.3. The lowest BCUT2D eigenvalue weighted by Gasteiger charge is -2.53. The average molecular weight is 219 g/mol. The van der Waals surface area contributed by atoms with E-state index in [0.717, 1.165) is 4.99 Å². The van der Waals surface area contributed by atoms with Crippen molar-refractivity contribution in [2.45, 2.75) is 31.7 Å². The van der Waals surface area contributed by atoms with Crippen molar-refractivity contribution in [2.75, 3.05) is 24.7 Å². The summed E-state index contributed by atoms with van der Waals surface area (Å²) in [5, 5.41) is 0. The van der Waals surface area contributed by atoms with E-state index < -0.39 is 7.26 Å². The van der Waals surface area contributed by atoms with Crippen LogP contribution in [0.2, 0.25) is 0 Å². The van der Waals surface area contributed by atoms with Crippen LogP contribution in [0.3, 0.4) is 0 Å². The van der Waals surface area contributed by atoms with Crippen LogP contribution in [-0.4, -0.2) is 29.7 Å². The number of allylic oxidation sites excluding steroid dienone is 1. The summed E-state index contributed by atoms with van der Waals surface area (Å²) in [7, 11) is -0.835. The smallest absolute Gasteiger partial charge is 0.104 e. The molecule has 1 aliphatic heterocycles. The largest absolute Gasteiger partial charge is 0.177 e. The first kappa shape index (κ1) is 11.6. The van der Waals surface area contributed by atoms with E-state index in [2.05, 4.69) is 44.9 Å². The maximum absolute atomic E-state index is 2.58. The number of rotatable bonds is 3. The molecule has 0 N–H and O–H groups in total. The molecule has 0 saturated carbocycles. The minimum atomic E-state index is -0.629. The van der Waals surface area contributed by atoms with Gasteiger partial charge < -0.3 is 0 Å². The fourth-order valence-electron chi connectivity index (χ4n) is 2.14. The molecular formula is C11H24PS+. The Kier molecular flexibility index (Phi) is 3.52. The van der Waals surface area contributed by atoms with Gasteiger partial charge in [0.05, 0.1) is 25.2 Å². The van der Waals surface area contributed by atoms with E-state index in [4.69, 9.17) is 0 Å². The van der Waals surface area contributed by atoms with E-state index in [-0.39, 0.29) is 10.0 Å². The van der Waals surface area contributed by atoms with Gasteiger partial charge in [0, 0.05) is 0 Å². The Morgan fingerprint density at radius 2 is 2.08 bits per heavy atom. The van der Waals surface area contributed by atoms with Gasteiger partial charge in [-0.05, 0) is 31.9 Å². The van der Waals surface area contributed by atoms with Crippen molar-refractivity contribution in [2.24, 2.45) is 0 Å². The predicted molar refractivity (Wildman–Crippen MR) is 70.7 cm³/mol. The molecule has 1 fully saturated rings. The Labute approximate surface area is 85.8 Å². The molecule has 0 aromatic carbocycles. The van der Waals surface area contributed by atoms with Crippen LogP contribution in [0.25, 0.3) is 0 Å². The Hall–Kier alpha value is 0.520. The third-order valence-corrected chi connectivity index (χ3v) is 15.7. The second-order valence-electron chi connectivity index (χ2n) is 4.87. The summed E-state index contributed by atoms with van der Waals surface area (Å²) in [6.45, 7) is 7.26. The van der Waals surface area contributed by atoms with Crippen LogP contribution in [-0.2, 0) is 0 Å². The zero-order chi connectivity index (χ0) is 10.1. The van der Waals surface area contributed by atoms with E-state index in [1.165, 1.54) is 12.8 Å². The van der Waals surface area contributed by atoms with Crippen molar-refractivity contribution in [3.8, 4) is 0 Å². The fourth-order valence-corrected chi connectivity index (χ4v) is 15.5.